The Bertz CT molecular complexity index is 776. The fourth-order valence-corrected chi connectivity index (χ4v) is 2.99. The highest BCUT2D eigenvalue weighted by atomic mass is 16.5. The molecule has 0 radical (unpaired) electrons. The van der Waals surface area contributed by atoms with Crippen molar-refractivity contribution in [3.63, 3.8) is 0 Å². The fraction of sp³-hybridized carbons (Fsp3) is 0.476. The van der Waals surface area contributed by atoms with Gasteiger partial charge in [-0.15, -0.1) is 0 Å². The smallest absolute Gasteiger partial charge is 0.190 e. The first kappa shape index (κ1) is 18.3. The van der Waals surface area contributed by atoms with Crippen LogP contribution in [-0.2, 0) is 4.74 Å². The molecule has 0 aromatic heterocycles. The van der Waals surface area contributed by atoms with Crippen LogP contribution >= 0.6 is 0 Å². The summed E-state index contributed by atoms with van der Waals surface area (Å²) in [6, 6.07) is 5.62. The van der Waals surface area contributed by atoms with Crippen LogP contribution in [0, 0.1) is 17.8 Å². The molecule has 5 heteroatoms. The van der Waals surface area contributed by atoms with Gasteiger partial charge in [-0.3, -0.25) is 4.79 Å². The normalized spacial score (nSPS) is 20.7. The van der Waals surface area contributed by atoms with Crippen LogP contribution in [-0.4, -0.2) is 37.0 Å². The van der Waals surface area contributed by atoms with Crippen molar-refractivity contribution in [3.8, 4) is 11.8 Å². The van der Waals surface area contributed by atoms with Gasteiger partial charge in [0.1, 0.15) is 6.10 Å². The van der Waals surface area contributed by atoms with Crippen LogP contribution in [0.5, 0.6) is 0 Å². The second-order valence-electron chi connectivity index (χ2n) is 6.92. The molecule has 1 unspecified atom stereocenters. The lowest BCUT2D eigenvalue weighted by atomic mass is 9.98. The Kier molecular flexibility index (Phi) is 6.19. The molecule has 1 aromatic carbocycles. The second-order valence-corrected chi connectivity index (χ2v) is 6.92. The lowest BCUT2D eigenvalue weighted by Crippen LogP contribution is -2.73. The van der Waals surface area contributed by atoms with Crippen LogP contribution < -0.4 is 10.8 Å². The number of carbonyl (C=O) groups is 1. The van der Waals surface area contributed by atoms with Crippen molar-refractivity contribution in [3.05, 3.63) is 34.9 Å². The molecule has 3 N–H and O–H groups in total. The summed E-state index contributed by atoms with van der Waals surface area (Å²) >= 11 is 0. The Balaban J connectivity index is 1.76. The summed E-state index contributed by atoms with van der Waals surface area (Å²) in [4.78, 5) is 15.3. The molecule has 0 spiro atoms. The zero-order chi connectivity index (χ0) is 18.4. The summed E-state index contributed by atoms with van der Waals surface area (Å²) in [5.74, 6) is 12.5. The number of ether oxygens (including phenoxy) is 1. The molecular weight excluding hydrogens is 326 g/mol. The van der Waals surface area contributed by atoms with Crippen molar-refractivity contribution in [1.29, 1.82) is 0 Å². The summed E-state index contributed by atoms with van der Waals surface area (Å²) < 4.78 is 5.71. The van der Waals surface area contributed by atoms with Gasteiger partial charge >= 0.3 is 0 Å². The van der Waals surface area contributed by atoms with E-state index in [1.165, 1.54) is 19.3 Å². The number of nitrogens with one attached hydrogen (secondary N) is 1. The zero-order valence-electron chi connectivity index (χ0n) is 15.3. The molecule has 1 saturated heterocycles. The third kappa shape index (κ3) is 5.03. The van der Waals surface area contributed by atoms with Crippen molar-refractivity contribution < 1.29 is 14.5 Å². The first-order valence-electron chi connectivity index (χ1n) is 9.30. The Hall–Kier alpha value is -2.45. The molecule has 26 heavy (non-hydrogen) atoms. The van der Waals surface area contributed by atoms with Crippen molar-refractivity contribution in [2.45, 2.75) is 45.1 Å². The molecule has 0 bridgehead atoms. The summed E-state index contributed by atoms with van der Waals surface area (Å²) in [5.41, 5.74) is 2.70. The Morgan fingerprint density at radius 3 is 2.85 bits per heavy atom. The van der Waals surface area contributed by atoms with E-state index in [9.17, 15) is 4.79 Å². The third-order valence-electron chi connectivity index (χ3n) is 4.67. The van der Waals surface area contributed by atoms with Crippen LogP contribution in [0.15, 0.2) is 23.3 Å². The number of rotatable bonds is 5. The SMILES string of the molecule is CC(=O)c1cc(C#CC2CC2)ccc1/C(C=[NH+]CC1CCCCO1)=N/N. The van der Waals surface area contributed by atoms with E-state index < -0.39 is 0 Å². The lowest BCUT2D eigenvalue weighted by Gasteiger charge is -2.18. The number of benzene rings is 1. The highest BCUT2D eigenvalue weighted by Crippen LogP contribution is 2.27. The van der Waals surface area contributed by atoms with E-state index in [2.05, 4.69) is 21.9 Å². The second kappa shape index (κ2) is 8.77. The van der Waals surface area contributed by atoms with Gasteiger partial charge in [0.05, 0.1) is 0 Å². The maximum Gasteiger partial charge on any atom is 0.190 e. The number of hydrogen-bond acceptors (Lipinski definition) is 4. The van der Waals surface area contributed by atoms with Gasteiger partial charge in [-0.25, -0.2) is 4.99 Å². The van der Waals surface area contributed by atoms with Crippen LogP contribution in [0.4, 0.5) is 0 Å². The number of Topliss-reactive ketones (excluding diaryl/α,β-unsaturated/α-hetero) is 1. The summed E-state index contributed by atoms with van der Waals surface area (Å²) in [6.07, 6.45) is 7.72. The average molecular weight is 352 g/mol. The minimum absolute atomic E-state index is 0.0276. The molecular formula is C21H26N3O2+. The first-order chi connectivity index (χ1) is 12.7. The standard InChI is InChI=1S/C21H25N3O2/c1-15(25)20-12-17(8-7-16-5-6-16)9-10-19(20)21(24-22)14-23-13-18-4-2-3-11-26-18/h9-10,12,14,16,18H,2-6,11,13,22H2,1H3/p+1/b23-14?,24-21+. The lowest BCUT2D eigenvalue weighted by molar-refractivity contribution is -0.465. The zero-order valence-corrected chi connectivity index (χ0v) is 15.3. The summed E-state index contributed by atoms with van der Waals surface area (Å²) in [5, 5.41) is 3.87. The van der Waals surface area contributed by atoms with E-state index >= 15 is 0 Å². The number of nitrogens with two attached hydrogens (primary N) is 1. The molecule has 2 fully saturated rings. The Labute approximate surface area is 154 Å². The van der Waals surface area contributed by atoms with Crippen LogP contribution in [0.2, 0.25) is 0 Å². The maximum atomic E-state index is 12.1. The van der Waals surface area contributed by atoms with Crippen LogP contribution in [0.3, 0.4) is 0 Å². The molecule has 0 amide bonds. The Morgan fingerprint density at radius 1 is 1.35 bits per heavy atom. The Morgan fingerprint density at radius 2 is 2.19 bits per heavy atom. The van der Waals surface area contributed by atoms with Gasteiger partial charge in [0.25, 0.3) is 0 Å². The first-order valence-corrected chi connectivity index (χ1v) is 9.30. The van der Waals surface area contributed by atoms with Gasteiger partial charge in [0.2, 0.25) is 0 Å². The van der Waals surface area contributed by atoms with E-state index in [1.807, 2.05) is 18.2 Å². The van der Waals surface area contributed by atoms with Gasteiger partial charge < -0.3 is 10.6 Å². The summed E-state index contributed by atoms with van der Waals surface area (Å²) in [6.45, 7) is 3.08. The quantitative estimate of drug-likeness (QED) is 0.273. The van der Waals surface area contributed by atoms with Crippen molar-refractivity contribution >= 4 is 17.7 Å². The van der Waals surface area contributed by atoms with Gasteiger partial charge in [0.15, 0.2) is 24.3 Å². The predicted molar refractivity (Wildman–Crippen MR) is 102 cm³/mol. The van der Waals surface area contributed by atoms with Crippen molar-refractivity contribution in [1.82, 2.24) is 0 Å². The highest BCUT2D eigenvalue weighted by Gasteiger charge is 2.19. The summed E-state index contributed by atoms with van der Waals surface area (Å²) in [7, 11) is 0. The number of hydrazone groups is 1. The van der Waals surface area contributed by atoms with Crippen molar-refractivity contribution in [2.75, 3.05) is 13.2 Å². The molecule has 1 aromatic rings. The predicted octanol–water partition coefficient (Wildman–Crippen LogP) is 1.03. The van der Waals surface area contributed by atoms with Crippen molar-refractivity contribution in [2.24, 2.45) is 16.9 Å². The van der Waals surface area contributed by atoms with E-state index in [0.717, 1.165) is 25.0 Å². The van der Waals surface area contributed by atoms with Gasteiger partial charge in [-0.2, -0.15) is 5.10 Å². The molecule has 3 rings (SSSR count). The molecule has 1 aliphatic carbocycles. The molecule has 1 heterocycles. The third-order valence-corrected chi connectivity index (χ3v) is 4.67. The van der Waals surface area contributed by atoms with E-state index in [0.29, 0.717) is 29.3 Å². The number of hydrogen-bond donors (Lipinski definition) is 2. The molecule has 5 nitrogen and oxygen atoms in total. The average Bonchev–Trinajstić information content (AvgIpc) is 3.49. The van der Waals surface area contributed by atoms with Crippen LogP contribution in [0.25, 0.3) is 0 Å². The fourth-order valence-electron chi connectivity index (χ4n) is 2.99. The molecule has 1 saturated carbocycles. The maximum absolute atomic E-state index is 12.1. The number of nitrogens with zero attached hydrogens (tertiary/aromatic N) is 1. The molecule has 2 aliphatic rings. The monoisotopic (exact) mass is 352 g/mol. The number of carbonyl (C=O) groups excluding carboxylic acids is 1. The largest absolute Gasteiger partial charge is 0.372 e. The number of ketones is 1. The van der Waals surface area contributed by atoms with E-state index in [-0.39, 0.29) is 11.9 Å². The highest BCUT2D eigenvalue weighted by molar-refractivity contribution is 6.38. The minimum atomic E-state index is -0.0276. The van der Waals surface area contributed by atoms with Crippen LogP contribution in [0.1, 0.15) is 60.5 Å². The van der Waals surface area contributed by atoms with Gasteiger partial charge in [-0.05, 0) is 51.2 Å². The van der Waals surface area contributed by atoms with Gasteiger partial charge in [-0.1, -0.05) is 17.9 Å². The molecule has 1 aliphatic heterocycles. The molecule has 136 valence electrons. The van der Waals surface area contributed by atoms with E-state index in [4.69, 9.17) is 10.6 Å². The van der Waals surface area contributed by atoms with E-state index in [1.54, 1.807) is 13.1 Å². The molecule has 1 atom stereocenters. The topological polar surface area (TPSA) is 78.6 Å². The minimum Gasteiger partial charge on any atom is -0.372 e. The van der Waals surface area contributed by atoms with Gasteiger partial charge in [0, 0.05) is 29.2 Å².